The Hall–Kier alpha value is -0.910. The van der Waals surface area contributed by atoms with E-state index in [1.807, 2.05) is 6.92 Å². The Balaban J connectivity index is 1.84. The summed E-state index contributed by atoms with van der Waals surface area (Å²) in [6.45, 7) is 8.17. The molecule has 0 aromatic heterocycles. The summed E-state index contributed by atoms with van der Waals surface area (Å²) in [6, 6.07) is 8.83. The second-order valence-electron chi connectivity index (χ2n) is 7.99. The number of hydrogen-bond donors (Lipinski definition) is 2. The van der Waals surface area contributed by atoms with Gasteiger partial charge >= 0.3 is 0 Å². The number of benzene rings is 1. The molecule has 1 saturated carbocycles. The predicted molar refractivity (Wildman–Crippen MR) is 105 cm³/mol. The Kier molecular flexibility index (Phi) is 7.06. The number of nitrogens with two attached hydrogens (primary N) is 1. The maximum atomic E-state index is 11.9. The van der Waals surface area contributed by atoms with Crippen LogP contribution < -0.4 is 10.5 Å². The minimum Gasteiger partial charge on any atom is -0.324 e. The Morgan fingerprint density at radius 1 is 1.04 bits per heavy atom. The maximum absolute atomic E-state index is 11.9. The van der Waals surface area contributed by atoms with Crippen molar-refractivity contribution in [3.63, 3.8) is 0 Å². The zero-order valence-electron chi connectivity index (χ0n) is 16.0. The molecule has 1 fully saturated rings. The summed E-state index contributed by atoms with van der Waals surface area (Å²) < 4.78 is 26.6. The lowest BCUT2D eigenvalue weighted by molar-refractivity contribution is 0.246. The Morgan fingerprint density at radius 3 is 2.08 bits per heavy atom. The monoisotopic (exact) mass is 366 g/mol. The molecular formula is C20H34N2O2S. The second-order valence-corrected chi connectivity index (χ2v) is 10.3. The highest BCUT2D eigenvalue weighted by molar-refractivity contribution is 7.90. The first-order chi connectivity index (χ1) is 11.7. The molecule has 2 unspecified atom stereocenters. The van der Waals surface area contributed by atoms with Gasteiger partial charge < -0.3 is 5.73 Å². The van der Waals surface area contributed by atoms with Crippen molar-refractivity contribution in [1.82, 2.24) is 4.72 Å². The largest absolute Gasteiger partial charge is 0.324 e. The van der Waals surface area contributed by atoms with E-state index < -0.39 is 10.0 Å². The van der Waals surface area contributed by atoms with Gasteiger partial charge in [0.15, 0.2) is 0 Å². The average Bonchev–Trinajstić information content (AvgIpc) is 2.60. The van der Waals surface area contributed by atoms with E-state index in [-0.39, 0.29) is 11.3 Å². The molecule has 0 saturated heterocycles. The fraction of sp³-hybridized carbons (Fsp3) is 0.700. The van der Waals surface area contributed by atoms with E-state index in [2.05, 4.69) is 35.9 Å². The molecule has 0 spiro atoms. The fourth-order valence-electron chi connectivity index (χ4n) is 3.67. The summed E-state index contributed by atoms with van der Waals surface area (Å²) in [5.41, 5.74) is 8.52. The van der Waals surface area contributed by atoms with Gasteiger partial charge in [-0.1, -0.05) is 31.2 Å². The normalized spacial score (nSPS) is 24.2. The van der Waals surface area contributed by atoms with Crippen LogP contribution in [0.1, 0.15) is 76.5 Å². The molecule has 2 rings (SSSR count). The summed E-state index contributed by atoms with van der Waals surface area (Å²) in [7, 11) is -3.16. The molecule has 142 valence electrons. The Morgan fingerprint density at radius 2 is 1.60 bits per heavy atom. The van der Waals surface area contributed by atoms with Gasteiger partial charge in [-0.3, -0.25) is 0 Å². The van der Waals surface area contributed by atoms with Crippen LogP contribution in [0.3, 0.4) is 0 Å². The van der Waals surface area contributed by atoms with Crippen molar-refractivity contribution in [2.45, 2.75) is 70.6 Å². The average molecular weight is 367 g/mol. The van der Waals surface area contributed by atoms with Gasteiger partial charge in [-0.15, -0.1) is 0 Å². The molecule has 0 bridgehead atoms. The van der Waals surface area contributed by atoms with Crippen molar-refractivity contribution in [2.75, 3.05) is 6.54 Å². The molecule has 1 aromatic rings. The molecule has 0 amide bonds. The summed E-state index contributed by atoms with van der Waals surface area (Å²) in [5.74, 6) is 1.61. The van der Waals surface area contributed by atoms with Gasteiger partial charge in [-0.25, -0.2) is 13.1 Å². The zero-order chi connectivity index (χ0) is 18.6. The van der Waals surface area contributed by atoms with Gasteiger partial charge in [-0.05, 0) is 75.3 Å². The van der Waals surface area contributed by atoms with E-state index in [0.29, 0.717) is 24.3 Å². The van der Waals surface area contributed by atoms with Gasteiger partial charge in [0.05, 0.1) is 5.25 Å². The van der Waals surface area contributed by atoms with Crippen LogP contribution >= 0.6 is 0 Å². The topological polar surface area (TPSA) is 72.2 Å². The number of hydrogen-bond acceptors (Lipinski definition) is 3. The SMILES string of the molecule is CC(N)c1ccc(C2CCC(C(C)CNS(=O)(=O)C(C)C)CC2)cc1. The van der Waals surface area contributed by atoms with E-state index in [4.69, 9.17) is 5.73 Å². The van der Waals surface area contributed by atoms with Crippen LogP contribution in [0.5, 0.6) is 0 Å². The molecular weight excluding hydrogens is 332 g/mol. The number of rotatable bonds is 7. The molecule has 0 radical (unpaired) electrons. The van der Waals surface area contributed by atoms with E-state index >= 15 is 0 Å². The van der Waals surface area contributed by atoms with Crippen molar-refractivity contribution < 1.29 is 8.42 Å². The minimum atomic E-state index is -3.16. The van der Waals surface area contributed by atoms with Crippen LogP contribution in [0, 0.1) is 11.8 Å². The molecule has 5 heteroatoms. The first-order valence-corrected chi connectivity index (χ1v) is 11.1. The van der Waals surface area contributed by atoms with Gasteiger partial charge in [0.25, 0.3) is 0 Å². The lowest BCUT2D eigenvalue weighted by Crippen LogP contribution is -2.36. The van der Waals surface area contributed by atoms with E-state index in [1.54, 1.807) is 13.8 Å². The lowest BCUT2D eigenvalue weighted by Gasteiger charge is -2.33. The van der Waals surface area contributed by atoms with Crippen molar-refractivity contribution in [1.29, 1.82) is 0 Å². The molecule has 25 heavy (non-hydrogen) atoms. The summed E-state index contributed by atoms with van der Waals surface area (Å²) in [4.78, 5) is 0. The van der Waals surface area contributed by atoms with Crippen LogP contribution in [0.4, 0.5) is 0 Å². The minimum absolute atomic E-state index is 0.0836. The van der Waals surface area contributed by atoms with Crippen molar-refractivity contribution in [2.24, 2.45) is 17.6 Å². The molecule has 1 aliphatic rings. The molecule has 1 aromatic carbocycles. The highest BCUT2D eigenvalue weighted by Gasteiger charge is 2.27. The van der Waals surface area contributed by atoms with Crippen molar-refractivity contribution in [3.05, 3.63) is 35.4 Å². The molecule has 4 nitrogen and oxygen atoms in total. The molecule has 0 heterocycles. The highest BCUT2D eigenvalue weighted by atomic mass is 32.2. The molecule has 2 atom stereocenters. The quantitative estimate of drug-likeness (QED) is 0.767. The van der Waals surface area contributed by atoms with Crippen LogP contribution in [-0.2, 0) is 10.0 Å². The molecule has 1 aliphatic carbocycles. The van der Waals surface area contributed by atoms with Gasteiger partial charge in [-0.2, -0.15) is 0 Å². The summed E-state index contributed by atoms with van der Waals surface area (Å²) in [6.07, 6.45) is 4.71. The summed E-state index contributed by atoms with van der Waals surface area (Å²) in [5, 5.41) is -0.366. The standard InChI is InChI=1S/C20H34N2O2S/c1-14(2)25(23,24)22-13-15(3)17-5-9-19(10-6-17)20-11-7-18(8-12-20)16(4)21/h7-8,11-12,14-17,19,22H,5-6,9-10,13,21H2,1-4H3. The third-order valence-corrected chi connectivity index (χ3v) is 7.55. The third-order valence-electron chi connectivity index (χ3n) is 5.74. The lowest BCUT2D eigenvalue weighted by atomic mass is 9.74. The second kappa shape index (κ2) is 8.65. The first kappa shape index (κ1) is 20.4. The van der Waals surface area contributed by atoms with E-state index in [1.165, 1.54) is 36.8 Å². The van der Waals surface area contributed by atoms with Crippen molar-refractivity contribution >= 4 is 10.0 Å². The Bertz CT molecular complexity index is 630. The smallest absolute Gasteiger partial charge is 0.213 e. The Labute approximate surface area is 153 Å². The molecule has 0 aliphatic heterocycles. The van der Waals surface area contributed by atoms with Crippen molar-refractivity contribution in [3.8, 4) is 0 Å². The first-order valence-electron chi connectivity index (χ1n) is 9.54. The maximum Gasteiger partial charge on any atom is 0.213 e. The number of nitrogens with one attached hydrogen (secondary N) is 1. The van der Waals surface area contributed by atoms with Crippen LogP contribution in [0.25, 0.3) is 0 Å². The predicted octanol–water partition coefficient (Wildman–Crippen LogP) is 3.94. The van der Waals surface area contributed by atoms with E-state index in [0.717, 1.165) is 0 Å². The zero-order valence-corrected chi connectivity index (χ0v) is 16.9. The highest BCUT2D eigenvalue weighted by Crippen LogP contribution is 2.38. The fourth-order valence-corrected chi connectivity index (χ4v) is 4.50. The molecule has 3 N–H and O–H groups in total. The van der Waals surface area contributed by atoms with Gasteiger partial charge in [0.2, 0.25) is 10.0 Å². The summed E-state index contributed by atoms with van der Waals surface area (Å²) >= 11 is 0. The number of sulfonamides is 1. The van der Waals surface area contributed by atoms with Gasteiger partial charge in [0, 0.05) is 12.6 Å². The third kappa shape index (κ3) is 5.53. The van der Waals surface area contributed by atoms with Crippen LogP contribution in [-0.4, -0.2) is 20.2 Å². The van der Waals surface area contributed by atoms with Crippen LogP contribution in [0.15, 0.2) is 24.3 Å². The van der Waals surface area contributed by atoms with Gasteiger partial charge in [0.1, 0.15) is 0 Å². The van der Waals surface area contributed by atoms with E-state index in [9.17, 15) is 8.42 Å². The van der Waals surface area contributed by atoms with Crippen LogP contribution in [0.2, 0.25) is 0 Å².